The lowest BCUT2D eigenvalue weighted by atomic mass is 10.1. The Morgan fingerprint density at radius 1 is 1.21 bits per heavy atom. The Morgan fingerprint density at radius 3 is 2.63 bits per heavy atom. The van der Waals surface area contributed by atoms with Crippen LogP contribution in [-0.4, -0.2) is 17.7 Å². The summed E-state index contributed by atoms with van der Waals surface area (Å²) in [6.07, 6.45) is 0.990. The van der Waals surface area contributed by atoms with Crippen LogP contribution in [0.15, 0.2) is 36.4 Å². The van der Waals surface area contributed by atoms with Crippen molar-refractivity contribution in [3.8, 4) is 5.75 Å². The first kappa shape index (κ1) is 13.4. The molecule has 2 aromatic carbocycles. The monoisotopic (exact) mass is 258 g/mol. The minimum absolute atomic E-state index is 0.222. The SMILES string of the molecule is CC[C@H](C)COC(=O)c1ccc2cc(O)ccc2c1. The van der Waals surface area contributed by atoms with Crippen LogP contribution in [0.1, 0.15) is 30.6 Å². The number of benzene rings is 2. The summed E-state index contributed by atoms with van der Waals surface area (Å²) in [5, 5.41) is 11.2. The van der Waals surface area contributed by atoms with Gasteiger partial charge in [-0.2, -0.15) is 0 Å². The molecule has 2 rings (SSSR count). The minimum Gasteiger partial charge on any atom is -0.508 e. The molecule has 1 atom stereocenters. The second-order valence-corrected chi connectivity index (χ2v) is 4.86. The van der Waals surface area contributed by atoms with Gasteiger partial charge in [-0.3, -0.25) is 0 Å². The van der Waals surface area contributed by atoms with Crippen LogP contribution in [-0.2, 0) is 4.74 Å². The van der Waals surface area contributed by atoms with Crippen LogP contribution in [0.5, 0.6) is 5.75 Å². The lowest BCUT2D eigenvalue weighted by molar-refractivity contribution is 0.0447. The van der Waals surface area contributed by atoms with E-state index in [-0.39, 0.29) is 11.7 Å². The van der Waals surface area contributed by atoms with Gasteiger partial charge in [-0.15, -0.1) is 0 Å². The van der Waals surface area contributed by atoms with Crippen LogP contribution in [0.3, 0.4) is 0 Å². The van der Waals surface area contributed by atoms with Crippen molar-refractivity contribution in [2.24, 2.45) is 5.92 Å². The van der Waals surface area contributed by atoms with Crippen molar-refractivity contribution in [3.63, 3.8) is 0 Å². The number of phenols is 1. The fourth-order valence-electron chi connectivity index (χ4n) is 1.78. The fraction of sp³-hybridized carbons (Fsp3) is 0.312. The van der Waals surface area contributed by atoms with E-state index >= 15 is 0 Å². The highest BCUT2D eigenvalue weighted by atomic mass is 16.5. The van der Waals surface area contributed by atoms with Gasteiger partial charge < -0.3 is 9.84 Å². The number of hydrogen-bond donors (Lipinski definition) is 1. The maximum atomic E-state index is 11.9. The quantitative estimate of drug-likeness (QED) is 0.849. The number of carbonyl (C=O) groups excluding carboxylic acids is 1. The summed E-state index contributed by atoms with van der Waals surface area (Å²) in [5.74, 6) is 0.302. The smallest absolute Gasteiger partial charge is 0.338 e. The standard InChI is InChI=1S/C16H18O3/c1-3-11(2)10-19-16(18)14-5-4-13-9-15(17)7-6-12(13)8-14/h4-9,11,17H,3,10H2,1-2H3/t11-/m0/s1. The fourth-order valence-corrected chi connectivity index (χ4v) is 1.78. The van der Waals surface area contributed by atoms with Crippen LogP contribution in [0, 0.1) is 5.92 Å². The van der Waals surface area contributed by atoms with Crippen molar-refractivity contribution in [3.05, 3.63) is 42.0 Å². The molecule has 0 saturated carbocycles. The second kappa shape index (κ2) is 5.74. The molecule has 0 aliphatic rings. The first-order valence-corrected chi connectivity index (χ1v) is 6.50. The lowest BCUT2D eigenvalue weighted by Gasteiger charge is -2.10. The highest BCUT2D eigenvalue weighted by Gasteiger charge is 2.09. The highest BCUT2D eigenvalue weighted by Crippen LogP contribution is 2.21. The third-order valence-corrected chi connectivity index (χ3v) is 3.26. The van der Waals surface area contributed by atoms with E-state index in [1.807, 2.05) is 6.07 Å². The van der Waals surface area contributed by atoms with Gasteiger partial charge in [0.05, 0.1) is 12.2 Å². The molecule has 3 nitrogen and oxygen atoms in total. The molecule has 0 spiro atoms. The summed E-state index contributed by atoms with van der Waals surface area (Å²) in [6, 6.07) is 10.4. The van der Waals surface area contributed by atoms with Crippen LogP contribution in [0.2, 0.25) is 0 Å². The molecule has 2 aromatic rings. The summed E-state index contributed by atoms with van der Waals surface area (Å²) in [5.41, 5.74) is 0.543. The maximum Gasteiger partial charge on any atom is 0.338 e. The topological polar surface area (TPSA) is 46.5 Å². The molecule has 0 saturated heterocycles. The van der Waals surface area contributed by atoms with Gasteiger partial charge in [0, 0.05) is 0 Å². The Kier molecular flexibility index (Phi) is 4.05. The van der Waals surface area contributed by atoms with Crippen molar-refractivity contribution < 1.29 is 14.6 Å². The van der Waals surface area contributed by atoms with Gasteiger partial charge in [0.1, 0.15) is 5.75 Å². The molecule has 0 radical (unpaired) electrons. The Bertz CT molecular complexity index is 590. The number of phenolic OH excluding ortho intramolecular Hbond substituents is 1. The zero-order valence-electron chi connectivity index (χ0n) is 11.2. The molecule has 0 fully saturated rings. The normalized spacial score (nSPS) is 12.3. The molecule has 3 heteroatoms. The molecule has 1 N–H and O–H groups in total. The van der Waals surface area contributed by atoms with E-state index in [2.05, 4.69) is 13.8 Å². The average molecular weight is 258 g/mol. The minimum atomic E-state index is -0.296. The van der Waals surface area contributed by atoms with Gasteiger partial charge in [-0.05, 0) is 41.0 Å². The zero-order chi connectivity index (χ0) is 13.8. The Balaban J connectivity index is 2.16. The van der Waals surface area contributed by atoms with E-state index in [9.17, 15) is 9.90 Å². The molecule has 0 aliphatic heterocycles. The molecule has 0 unspecified atom stereocenters. The Hall–Kier alpha value is -2.03. The van der Waals surface area contributed by atoms with Crippen LogP contribution in [0.4, 0.5) is 0 Å². The van der Waals surface area contributed by atoms with Crippen molar-refractivity contribution in [2.75, 3.05) is 6.61 Å². The van der Waals surface area contributed by atoms with Crippen molar-refractivity contribution in [1.29, 1.82) is 0 Å². The first-order chi connectivity index (χ1) is 9.10. The van der Waals surface area contributed by atoms with Crippen molar-refractivity contribution in [1.82, 2.24) is 0 Å². The lowest BCUT2D eigenvalue weighted by Crippen LogP contribution is -2.11. The predicted molar refractivity (Wildman–Crippen MR) is 75.4 cm³/mol. The summed E-state index contributed by atoms with van der Waals surface area (Å²) >= 11 is 0. The molecule has 0 aromatic heterocycles. The maximum absolute atomic E-state index is 11.9. The molecule has 0 amide bonds. The molecule has 19 heavy (non-hydrogen) atoms. The molecule has 0 bridgehead atoms. The van der Waals surface area contributed by atoms with E-state index in [0.717, 1.165) is 17.2 Å². The van der Waals surface area contributed by atoms with Crippen LogP contribution < -0.4 is 0 Å². The van der Waals surface area contributed by atoms with Gasteiger partial charge in [-0.25, -0.2) is 4.79 Å². The zero-order valence-corrected chi connectivity index (χ0v) is 11.2. The number of rotatable bonds is 4. The average Bonchev–Trinajstić information content (AvgIpc) is 2.43. The third kappa shape index (κ3) is 3.25. The number of hydrogen-bond acceptors (Lipinski definition) is 3. The van der Waals surface area contributed by atoms with Gasteiger partial charge in [0.15, 0.2) is 0 Å². The molecular weight excluding hydrogens is 240 g/mol. The number of ether oxygens (including phenoxy) is 1. The molecule has 0 aliphatic carbocycles. The third-order valence-electron chi connectivity index (χ3n) is 3.26. The van der Waals surface area contributed by atoms with Gasteiger partial charge in [0.2, 0.25) is 0 Å². The van der Waals surface area contributed by atoms with Crippen LogP contribution in [0.25, 0.3) is 10.8 Å². The van der Waals surface area contributed by atoms with Gasteiger partial charge in [-0.1, -0.05) is 32.4 Å². The number of carbonyl (C=O) groups is 1. The number of esters is 1. The first-order valence-electron chi connectivity index (χ1n) is 6.50. The van der Waals surface area contributed by atoms with E-state index in [4.69, 9.17) is 4.74 Å². The predicted octanol–water partition coefficient (Wildman–Crippen LogP) is 3.75. The van der Waals surface area contributed by atoms with Gasteiger partial charge >= 0.3 is 5.97 Å². The van der Waals surface area contributed by atoms with E-state index in [1.165, 1.54) is 0 Å². The molecule has 100 valence electrons. The van der Waals surface area contributed by atoms with Gasteiger partial charge in [0.25, 0.3) is 0 Å². The van der Waals surface area contributed by atoms with E-state index in [0.29, 0.717) is 18.1 Å². The summed E-state index contributed by atoms with van der Waals surface area (Å²) in [7, 11) is 0. The summed E-state index contributed by atoms with van der Waals surface area (Å²) in [6.45, 7) is 4.57. The summed E-state index contributed by atoms with van der Waals surface area (Å²) in [4.78, 5) is 11.9. The Morgan fingerprint density at radius 2 is 1.89 bits per heavy atom. The Labute approximate surface area is 112 Å². The largest absolute Gasteiger partial charge is 0.508 e. The van der Waals surface area contributed by atoms with E-state index < -0.39 is 0 Å². The highest BCUT2D eigenvalue weighted by molar-refractivity contribution is 5.95. The second-order valence-electron chi connectivity index (χ2n) is 4.86. The number of aromatic hydroxyl groups is 1. The van der Waals surface area contributed by atoms with Crippen molar-refractivity contribution in [2.45, 2.75) is 20.3 Å². The molecular formula is C16H18O3. The van der Waals surface area contributed by atoms with E-state index in [1.54, 1.807) is 30.3 Å². The van der Waals surface area contributed by atoms with Crippen LogP contribution >= 0.6 is 0 Å². The summed E-state index contributed by atoms with van der Waals surface area (Å²) < 4.78 is 5.27. The van der Waals surface area contributed by atoms with Crippen molar-refractivity contribution >= 4 is 16.7 Å². The number of fused-ring (bicyclic) bond motifs is 1. The molecule has 0 heterocycles.